The number of carbonyl (C=O) groups is 2. The van der Waals surface area contributed by atoms with Gasteiger partial charge < -0.3 is 14.5 Å². The van der Waals surface area contributed by atoms with Gasteiger partial charge in [-0.3, -0.25) is 9.52 Å². The Morgan fingerprint density at radius 3 is 2.38 bits per heavy atom. The van der Waals surface area contributed by atoms with Gasteiger partial charge in [-0.25, -0.2) is 13.2 Å². The van der Waals surface area contributed by atoms with Crippen LogP contribution in [0, 0.1) is 0 Å². The Morgan fingerprint density at radius 2 is 1.72 bits per heavy atom. The van der Waals surface area contributed by atoms with E-state index in [2.05, 4.69) is 14.8 Å². The van der Waals surface area contributed by atoms with E-state index in [1.165, 1.54) is 49.8 Å². The topological polar surface area (TPSA) is 115 Å². The van der Waals surface area contributed by atoms with Crippen molar-refractivity contribution in [1.82, 2.24) is 5.32 Å². The van der Waals surface area contributed by atoms with Crippen LogP contribution in [-0.2, 0) is 21.3 Å². The van der Waals surface area contributed by atoms with Gasteiger partial charge in [0.25, 0.3) is 15.9 Å². The largest absolute Gasteiger partial charge is 0.467 e. The van der Waals surface area contributed by atoms with Gasteiger partial charge in [-0.1, -0.05) is 12.1 Å². The SMILES string of the molecule is COC(=O)c1ccc(S(=O)(=O)Nc2ccccc2C(=O)NCc2ccco2)cc1. The molecule has 9 heteroatoms. The number of esters is 1. The number of carbonyl (C=O) groups excluding carboxylic acids is 2. The number of rotatable bonds is 7. The molecule has 29 heavy (non-hydrogen) atoms. The van der Waals surface area contributed by atoms with E-state index < -0.39 is 21.9 Å². The third-order valence-electron chi connectivity index (χ3n) is 4.01. The highest BCUT2D eigenvalue weighted by atomic mass is 32.2. The Morgan fingerprint density at radius 1 is 1.00 bits per heavy atom. The second kappa shape index (κ2) is 8.61. The molecule has 1 aromatic heterocycles. The van der Waals surface area contributed by atoms with Gasteiger partial charge in [-0.05, 0) is 48.5 Å². The zero-order valence-electron chi connectivity index (χ0n) is 15.4. The second-order valence-corrected chi connectivity index (χ2v) is 7.61. The molecular weight excluding hydrogens is 396 g/mol. The van der Waals surface area contributed by atoms with Gasteiger partial charge in [-0.15, -0.1) is 0 Å². The number of benzene rings is 2. The van der Waals surface area contributed by atoms with E-state index in [0.29, 0.717) is 5.76 Å². The number of furan rings is 1. The summed E-state index contributed by atoms with van der Waals surface area (Å²) >= 11 is 0. The standard InChI is InChI=1S/C20H18N2O6S/c1-27-20(24)14-8-10-16(11-9-14)29(25,26)22-18-7-3-2-6-17(18)19(23)21-13-15-5-4-12-28-15/h2-12,22H,13H2,1H3,(H,21,23). The van der Waals surface area contributed by atoms with Gasteiger partial charge in [0, 0.05) is 0 Å². The van der Waals surface area contributed by atoms with Crippen LogP contribution in [0.25, 0.3) is 0 Å². The van der Waals surface area contributed by atoms with Crippen molar-refractivity contribution >= 4 is 27.6 Å². The van der Waals surface area contributed by atoms with Gasteiger partial charge in [0.2, 0.25) is 0 Å². The fraction of sp³-hybridized carbons (Fsp3) is 0.100. The molecule has 0 saturated heterocycles. The van der Waals surface area contributed by atoms with Crippen LogP contribution in [0.3, 0.4) is 0 Å². The Bertz CT molecular complexity index is 1110. The van der Waals surface area contributed by atoms with E-state index in [4.69, 9.17) is 4.42 Å². The molecule has 3 rings (SSSR count). The maximum Gasteiger partial charge on any atom is 0.337 e. The Labute approximate surface area is 167 Å². The molecule has 0 aliphatic carbocycles. The summed E-state index contributed by atoms with van der Waals surface area (Å²) in [5, 5.41) is 2.67. The van der Waals surface area contributed by atoms with Crippen LogP contribution in [0.1, 0.15) is 26.5 Å². The van der Waals surface area contributed by atoms with Crippen LogP contribution >= 0.6 is 0 Å². The average Bonchev–Trinajstić information content (AvgIpc) is 3.25. The predicted octanol–water partition coefficient (Wildman–Crippen LogP) is 2.80. The highest BCUT2D eigenvalue weighted by Gasteiger charge is 2.19. The highest BCUT2D eigenvalue weighted by molar-refractivity contribution is 7.92. The summed E-state index contributed by atoms with van der Waals surface area (Å²) in [6, 6.07) is 14.9. The third-order valence-corrected chi connectivity index (χ3v) is 5.39. The molecule has 0 atom stereocenters. The van der Waals surface area contributed by atoms with Crippen LogP contribution in [0.5, 0.6) is 0 Å². The molecule has 2 aromatic carbocycles. The number of nitrogens with one attached hydrogen (secondary N) is 2. The minimum atomic E-state index is -3.98. The van der Waals surface area contributed by atoms with Crippen LogP contribution in [0.15, 0.2) is 76.2 Å². The predicted molar refractivity (Wildman–Crippen MR) is 105 cm³/mol. The van der Waals surface area contributed by atoms with E-state index >= 15 is 0 Å². The van der Waals surface area contributed by atoms with Crippen molar-refractivity contribution in [3.05, 3.63) is 83.8 Å². The number of para-hydroxylation sites is 1. The Kier molecular flexibility index (Phi) is 5.99. The molecule has 0 aliphatic heterocycles. The minimum Gasteiger partial charge on any atom is -0.467 e. The maximum absolute atomic E-state index is 12.7. The number of hydrogen-bond donors (Lipinski definition) is 2. The molecule has 0 radical (unpaired) electrons. The van der Waals surface area contributed by atoms with Gasteiger partial charge in [0.05, 0.1) is 41.6 Å². The molecule has 0 spiro atoms. The lowest BCUT2D eigenvalue weighted by atomic mass is 10.1. The summed E-state index contributed by atoms with van der Waals surface area (Å²) in [5.41, 5.74) is 0.513. The van der Waals surface area contributed by atoms with Gasteiger partial charge in [0.15, 0.2) is 0 Å². The van der Waals surface area contributed by atoms with Crippen molar-refractivity contribution < 1.29 is 27.2 Å². The summed E-state index contributed by atoms with van der Waals surface area (Å²) in [7, 11) is -2.74. The fourth-order valence-electron chi connectivity index (χ4n) is 2.54. The average molecular weight is 414 g/mol. The van der Waals surface area contributed by atoms with E-state index in [0.717, 1.165) is 0 Å². The third kappa shape index (κ3) is 4.82. The lowest BCUT2D eigenvalue weighted by molar-refractivity contribution is 0.0600. The van der Waals surface area contributed by atoms with Crippen molar-refractivity contribution in [1.29, 1.82) is 0 Å². The fourth-order valence-corrected chi connectivity index (χ4v) is 3.62. The van der Waals surface area contributed by atoms with E-state index in [9.17, 15) is 18.0 Å². The monoisotopic (exact) mass is 414 g/mol. The number of ether oxygens (including phenoxy) is 1. The Balaban J connectivity index is 1.78. The molecule has 8 nitrogen and oxygen atoms in total. The van der Waals surface area contributed by atoms with Crippen molar-refractivity contribution in [2.75, 3.05) is 11.8 Å². The maximum atomic E-state index is 12.7. The lowest BCUT2D eigenvalue weighted by Crippen LogP contribution is -2.24. The van der Waals surface area contributed by atoms with Crippen molar-refractivity contribution in [2.45, 2.75) is 11.4 Å². The summed E-state index contributed by atoms with van der Waals surface area (Å²) in [4.78, 5) is 23.9. The molecule has 150 valence electrons. The van der Waals surface area contributed by atoms with Crippen LogP contribution in [0.2, 0.25) is 0 Å². The van der Waals surface area contributed by atoms with Crippen LogP contribution < -0.4 is 10.0 Å². The van der Waals surface area contributed by atoms with Crippen molar-refractivity contribution in [2.24, 2.45) is 0 Å². The number of sulfonamides is 1. The summed E-state index contributed by atoms with van der Waals surface area (Å²) < 4.78 is 37.6. The summed E-state index contributed by atoms with van der Waals surface area (Å²) in [6.07, 6.45) is 1.50. The molecule has 0 bridgehead atoms. The van der Waals surface area contributed by atoms with Gasteiger partial charge in [0.1, 0.15) is 5.76 Å². The summed E-state index contributed by atoms with van der Waals surface area (Å²) in [5.74, 6) is -0.455. The molecule has 0 saturated carbocycles. The van der Waals surface area contributed by atoms with E-state index in [1.807, 2.05) is 0 Å². The first-order valence-electron chi connectivity index (χ1n) is 8.51. The molecule has 0 aliphatic rings. The minimum absolute atomic E-state index is 0.0593. The number of hydrogen-bond acceptors (Lipinski definition) is 6. The molecular formula is C20H18N2O6S. The van der Waals surface area contributed by atoms with Crippen LogP contribution in [-0.4, -0.2) is 27.4 Å². The first kappa shape index (κ1) is 20.2. The molecule has 2 N–H and O–H groups in total. The molecule has 1 heterocycles. The van der Waals surface area contributed by atoms with E-state index in [-0.39, 0.29) is 28.3 Å². The molecule has 3 aromatic rings. The summed E-state index contributed by atoms with van der Waals surface area (Å²) in [6.45, 7) is 0.169. The zero-order valence-corrected chi connectivity index (χ0v) is 16.2. The van der Waals surface area contributed by atoms with Crippen LogP contribution in [0.4, 0.5) is 5.69 Å². The Hall–Kier alpha value is -3.59. The molecule has 1 amide bonds. The highest BCUT2D eigenvalue weighted by Crippen LogP contribution is 2.21. The van der Waals surface area contributed by atoms with Crippen molar-refractivity contribution in [3.8, 4) is 0 Å². The van der Waals surface area contributed by atoms with Gasteiger partial charge in [-0.2, -0.15) is 0 Å². The van der Waals surface area contributed by atoms with E-state index in [1.54, 1.807) is 24.3 Å². The zero-order chi connectivity index (χ0) is 20.9. The van der Waals surface area contributed by atoms with Crippen molar-refractivity contribution in [3.63, 3.8) is 0 Å². The first-order valence-corrected chi connectivity index (χ1v) is 10.00. The normalized spacial score (nSPS) is 10.9. The lowest BCUT2D eigenvalue weighted by Gasteiger charge is -2.13. The molecule has 0 fully saturated rings. The first-order chi connectivity index (χ1) is 13.9. The quantitative estimate of drug-likeness (QED) is 0.575. The van der Waals surface area contributed by atoms with Gasteiger partial charge >= 0.3 is 5.97 Å². The molecule has 0 unspecified atom stereocenters. The number of anilines is 1. The number of amides is 1. The number of methoxy groups -OCH3 is 1. The second-order valence-electron chi connectivity index (χ2n) is 5.93. The smallest absolute Gasteiger partial charge is 0.337 e.